The number of hydrogen-bond donors (Lipinski definition) is 1. The van der Waals surface area contributed by atoms with E-state index in [4.69, 9.17) is 21.6 Å². The van der Waals surface area contributed by atoms with Gasteiger partial charge in [0.25, 0.3) is 0 Å². The van der Waals surface area contributed by atoms with Gasteiger partial charge in [0, 0.05) is 32.2 Å². The van der Waals surface area contributed by atoms with Crippen molar-refractivity contribution in [1.29, 1.82) is 5.26 Å². The van der Waals surface area contributed by atoms with Crippen LogP contribution in [0.5, 0.6) is 5.75 Å². The third-order valence-electron chi connectivity index (χ3n) is 3.57. The van der Waals surface area contributed by atoms with Crippen LogP contribution in [0.2, 0.25) is 5.02 Å². The third-order valence-corrected chi connectivity index (χ3v) is 3.85. The lowest BCUT2D eigenvalue weighted by Gasteiger charge is -2.34. The average Bonchev–Trinajstić information content (AvgIpc) is 2.49. The molecule has 0 aromatic heterocycles. The first kappa shape index (κ1) is 16.0. The molecule has 1 aromatic carbocycles. The minimum atomic E-state index is -0.475. The number of hydrogen-bond acceptors (Lipinski definition) is 4. The Labute approximate surface area is 129 Å². The first-order valence-corrected chi connectivity index (χ1v) is 7.48. The first-order valence-electron chi connectivity index (χ1n) is 7.10. The molecule has 1 N–H and O–H groups in total. The fraction of sp³-hybridized carbons (Fsp3) is 0.533. The molecule has 1 atom stereocenters. The summed E-state index contributed by atoms with van der Waals surface area (Å²) in [5, 5.41) is 12.6. The summed E-state index contributed by atoms with van der Waals surface area (Å²) in [5.41, 5.74) is 0.726. The van der Waals surface area contributed by atoms with E-state index in [9.17, 15) is 4.39 Å². The Morgan fingerprint density at radius 2 is 2.19 bits per heavy atom. The van der Waals surface area contributed by atoms with E-state index in [0.717, 1.165) is 31.7 Å². The van der Waals surface area contributed by atoms with Gasteiger partial charge in [-0.25, -0.2) is 4.39 Å². The molecule has 1 aliphatic heterocycles. The predicted octanol–water partition coefficient (Wildman–Crippen LogP) is 2.74. The fourth-order valence-corrected chi connectivity index (χ4v) is 2.86. The van der Waals surface area contributed by atoms with Gasteiger partial charge in [0.2, 0.25) is 0 Å². The molecule has 0 aliphatic carbocycles. The van der Waals surface area contributed by atoms with Crippen molar-refractivity contribution in [3.8, 4) is 11.8 Å². The topological polar surface area (TPSA) is 48.3 Å². The van der Waals surface area contributed by atoms with Gasteiger partial charge in [-0.2, -0.15) is 5.26 Å². The lowest BCUT2D eigenvalue weighted by atomic mass is 10.0. The maximum Gasteiger partial charge on any atom is 0.173 e. The van der Waals surface area contributed by atoms with Gasteiger partial charge in [-0.3, -0.25) is 4.90 Å². The van der Waals surface area contributed by atoms with Crippen LogP contribution >= 0.6 is 11.6 Å². The van der Waals surface area contributed by atoms with E-state index in [0.29, 0.717) is 13.0 Å². The van der Waals surface area contributed by atoms with Gasteiger partial charge >= 0.3 is 0 Å². The summed E-state index contributed by atoms with van der Waals surface area (Å²) < 4.78 is 19.4. The molecule has 6 heteroatoms. The Hall–Kier alpha value is -1.35. The number of piperazine rings is 1. The highest BCUT2D eigenvalue weighted by molar-refractivity contribution is 6.32. The van der Waals surface area contributed by atoms with E-state index in [1.807, 2.05) is 0 Å². The Bertz CT molecular complexity index is 503. The third kappa shape index (κ3) is 3.85. The van der Waals surface area contributed by atoms with Crippen LogP contribution in [0.15, 0.2) is 12.1 Å². The highest BCUT2D eigenvalue weighted by Crippen LogP contribution is 2.34. The molecule has 0 radical (unpaired) electrons. The quantitative estimate of drug-likeness (QED) is 0.908. The number of nitrogens with zero attached hydrogens (tertiary/aromatic N) is 2. The standard InChI is InChI=1S/C15H19ClFN3O/c1-2-21-15-12(16)9-11(10-13(15)17)14(3-4-18)20-7-5-19-6-8-20/h9-10,14,19H,2-3,5-8H2,1H3/t14-/m1/s1. The average molecular weight is 312 g/mol. The van der Waals surface area contributed by atoms with Crippen molar-refractivity contribution in [2.24, 2.45) is 0 Å². The van der Waals surface area contributed by atoms with E-state index in [1.54, 1.807) is 13.0 Å². The van der Waals surface area contributed by atoms with Crippen molar-refractivity contribution in [2.45, 2.75) is 19.4 Å². The predicted molar refractivity (Wildman–Crippen MR) is 80.0 cm³/mol. The Kier molecular flexibility index (Phi) is 5.80. The number of nitrogens with one attached hydrogen (secondary N) is 1. The normalized spacial score (nSPS) is 17.2. The van der Waals surface area contributed by atoms with Crippen molar-refractivity contribution in [1.82, 2.24) is 10.2 Å². The van der Waals surface area contributed by atoms with Crippen LogP contribution in [-0.2, 0) is 0 Å². The van der Waals surface area contributed by atoms with Gasteiger partial charge in [-0.05, 0) is 24.6 Å². The molecule has 0 spiro atoms. The van der Waals surface area contributed by atoms with Crippen LogP contribution in [0.3, 0.4) is 0 Å². The minimum Gasteiger partial charge on any atom is -0.489 e. The second-order valence-electron chi connectivity index (χ2n) is 4.91. The lowest BCUT2D eigenvalue weighted by molar-refractivity contribution is 0.175. The SMILES string of the molecule is CCOc1c(F)cc([C@@H](CC#N)N2CCNCC2)cc1Cl. The Balaban J connectivity index is 2.29. The van der Waals surface area contributed by atoms with Gasteiger partial charge in [-0.15, -0.1) is 0 Å². The van der Waals surface area contributed by atoms with Gasteiger partial charge in [-0.1, -0.05) is 11.6 Å². The largest absolute Gasteiger partial charge is 0.489 e. The molecular weight excluding hydrogens is 293 g/mol. The highest BCUT2D eigenvalue weighted by atomic mass is 35.5. The number of nitriles is 1. The molecule has 114 valence electrons. The summed E-state index contributed by atoms with van der Waals surface area (Å²) in [7, 11) is 0. The van der Waals surface area contributed by atoms with Crippen molar-refractivity contribution in [3.63, 3.8) is 0 Å². The summed E-state index contributed by atoms with van der Waals surface area (Å²) in [6.07, 6.45) is 0.309. The zero-order valence-electron chi connectivity index (χ0n) is 12.0. The number of benzene rings is 1. The van der Waals surface area contributed by atoms with Crippen LogP contribution in [0.25, 0.3) is 0 Å². The summed E-state index contributed by atoms with van der Waals surface area (Å²) in [6.45, 7) is 5.54. The van der Waals surface area contributed by atoms with Crippen molar-refractivity contribution in [3.05, 3.63) is 28.5 Å². The second-order valence-corrected chi connectivity index (χ2v) is 5.32. The van der Waals surface area contributed by atoms with Crippen molar-refractivity contribution < 1.29 is 9.13 Å². The van der Waals surface area contributed by atoms with Gasteiger partial charge < -0.3 is 10.1 Å². The molecule has 4 nitrogen and oxygen atoms in total. The van der Waals surface area contributed by atoms with Gasteiger partial charge in [0.1, 0.15) is 0 Å². The molecule has 0 bridgehead atoms. The summed E-state index contributed by atoms with van der Waals surface area (Å²) in [5.74, 6) is -0.392. The van der Waals surface area contributed by atoms with E-state index < -0.39 is 5.82 Å². The number of ether oxygens (including phenoxy) is 1. The van der Waals surface area contributed by atoms with Gasteiger partial charge in [0.15, 0.2) is 11.6 Å². The molecule has 1 aromatic rings. The van der Waals surface area contributed by atoms with Crippen LogP contribution in [0.4, 0.5) is 4.39 Å². The molecule has 21 heavy (non-hydrogen) atoms. The molecule has 0 saturated carbocycles. The van der Waals surface area contributed by atoms with Crippen LogP contribution < -0.4 is 10.1 Å². The zero-order chi connectivity index (χ0) is 15.2. The van der Waals surface area contributed by atoms with E-state index in [1.165, 1.54) is 6.07 Å². The molecule has 1 saturated heterocycles. The maximum atomic E-state index is 14.1. The Morgan fingerprint density at radius 3 is 2.76 bits per heavy atom. The van der Waals surface area contributed by atoms with E-state index in [-0.39, 0.29) is 16.8 Å². The molecule has 1 heterocycles. The van der Waals surface area contributed by atoms with E-state index in [2.05, 4.69) is 16.3 Å². The second kappa shape index (κ2) is 7.60. The summed E-state index contributed by atoms with van der Waals surface area (Å²) in [6, 6.07) is 5.18. The smallest absolute Gasteiger partial charge is 0.173 e. The lowest BCUT2D eigenvalue weighted by Crippen LogP contribution is -2.45. The monoisotopic (exact) mass is 311 g/mol. The first-order chi connectivity index (χ1) is 10.2. The zero-order valence-corrected chi connectivity index (χ0v) is 12.8. The summed E-state index contributed by atoms with van der Waals surface area (Å²) in [4.78, 5) is 2.19. The van der Waals surface area contributed by atoms with E-state index >= 15 is 0 Å². The van der Waals surface area contributed by atoms with Gasteiger partial charge in [0.05, 0.1) is 24.1 Å². The molecule has 2 rings (SSSR count). The maximum absolute atomic E-state index is 14.1. The molecule has 0 unspecified atom stereocenters. The molecule has 0 amide bonds. The molecular formula is C15H19ClFN3O. The van der Waals surface area contributed by atoms with Crippen LogP contribution in [-0.4, -0.2) is 37.7 Å². The highest BCUT2D eigenvalue weighted by Gasteiger charge is 2.24. The number of rotatable bonds is 5. The van der Waals surface area contributed by atoms with Crippen LogP contribution in [0.1, 0.15) is 24.9 Å². The number of halogens is 2. The fourth-order valence-electron chi connectivity index (χ4n) is 2.59. The molecule has 1 aliphatic rings. The van der Waals surface area contributed by atoms with Crippen molar-refractivity contribution >= 4 is 11.6 Å². The molecule has 1 fully saturated rings. The Morgan fingerprint density at radius 1 is 1.48 bits per heavy atom. The van der Waals surface area contributed by atoms with Crippen LogP contribution in [0, 0.1) is 17.1 Å². The summed E-state index contributed by atoms with van der Waals surface area (Å²) >= 11 is 6.12. The van der Waals surface area contributed by atoms with Crippen molar-refractivity contribution in [2.75, 3.05) is 32.8 Å². The minimum absolute atomic E-state index is 0.0823.